The van der Waals surface area contributed by atoms with E-state index in [0.717, 1.165) is 27.4 Å². The molecule has 0 spiro atoms. The van der Waals surface area contributed by atoms with Gasteiger partial charge >= 0.3 is 5.97 Å². The first-order valence-electron chi connectivity index (χ1n) is 8.81. The van der Waals surface area contributed by atoms with Crippen LogP contribution in [0.3, 0.4) is 0 Å². The van der Waals surface area contributed by atoms with Crippen molar-refractivity contribution in [3.63, 3.8) is 0 Å². The predicted octanol–water partition coefficient (Wildman–Crippen LogP) is 4.02. The van der Waals surface area contributed by atoms with E-state index in [2.05, 4.69) is 10.3 Å². The largest absolute Gasteiger partial charge is 0.467 e. The molecule has 1 heterocycles. The van der Waals surface area contributed by atoms with Gasteiger partial charge in [0, 0.05) is 10.8 Å². The molecule has 5 nitrogen and oxygen atoms in total. The van der Waals surface area contributed by atoms with Gasteiger partial charge in [0.2, 0.25) is 0 Å². The summed E-state index contributed by atoms with van der Waals surface area (Å²) in [6.07, 6.45) is 2.28. The van der Waals surface area contributed by atoms with Gasteiger partial charge in [0.1, 0.15) is 6.04 Å². The maximum atomic E-state index is 13.2. The Hall–Kier alpha value is -3.21. The first kappa shape index (κ1) is 18.6. The smallest absolute Gasteiger partial charge is 0.328 e. The molecular formula is C22H22N2O3. The first-order valence-corrected chi connectivity index (χ1v) is 8.81. The number of aromatic nitrogens is 1. The summed E-state index contributed by atoms with van der Waals surface area (Å²) in [6, 6.07) is 14.3. The van der Waals surface area contributed by atoms with Gasteiger partial charge in [0.25, 0.3) is 5.91 Å². The number of nitrogens with zero attached hydrogens (tertiary/aromatic N) is 1. The van der Waals surface area contributed by atoms with Gasteiger partial charge in [-0.3, -0.25) is 4.79 Å². The molecule has 27 heavy (non-hydrogen) atoms. The van der Waals surface area contributed by atoms with Crippen molar-refractivity contribution in [3.8, 4) is 0 Å². The third kappa shape index (κ3) is 3.97. The first-order chi connectivity index (χ1) is 13.0. The number of carbonyl (C=O) groups excluding carboxylic acids is 2. The van der Waals surface area contributed by atoms with E-state index in [4.69, 9.17) is 4.74 Å². The Kier molecular flexibility index (Phi) is 5.50. The molecule has 0 bridgehead atoms. The number of nitrogens with one attached hydrogen (secondary N) is 1. The van der Waals surface area contributed by atoms with Crippen LogP contribution >= 0.6 is 0 Å². The Bertz CT molecular complexity index is 982. The monoisotopic (exact) mass is 362 g/mol. The normalized spacial score (nSPS) is 11.8. The van der Waals surface area contributed by atoms with Gasteiger partial charge in [-0.05, 0) is 32.4 Å². The van der Waals surface area contributed by atoms with Crippen molar-refractivity contribution >= 4 is 33.7 Å². The number of benzene rings is 2. The molecule has 1 amide bonds. The number of rotatable bonds is 5. The highest BCUT2D eigenvalue weighted by Crippen LogP contribution is 2.26. The molecule has 0 saturated carbocycles. The van der Waals surface area contributed by atoms with Crippen molar-refractivity contribution in [3.05, 3.63) is 65.7 Å². The fourth-order valence-electron chi connectivity index (χ4n) is 3.02. The minimum atomic E-state index is -0.747. The molecule has 0 aliphatic carbocycles. The maximum absolute atomic E-state index is 13.2. The summed E-state index contributed by atoms with van der Waals surface area (Å²) >= 11 is 0. The highest BCUT2D eigenvalue weighted by Gasteiger charge is 2.23. The van der Waals surface area contributed by atoms with E-state index >= 15 is 0 Å². The molecule has 1 N–H and O–H groups in total. The van der Waals surface area contributed by atoms with Gasteiger partial charge in [-0.1, -0.05) is 48.0 Å². The lowest BCUT2D eigenvalue weighted by Crippen LogP contribution is -2.41. The van der Waals surface area contributed by atoms with E-state index < -0.39 is 12.0 Å². The van der Waals surface area contributed by atoms with Crippen LogP contribution in [0.1, 0.15) is 30.6 Å². The van der Waals surface area contributed by atoms with Crippen molar-refractivity contribution in [1.82, 2.24) is 10.3 Å². The van der Waals surface area contributed by atoms with Crippen LogP contribution in [0.2, 0.25) is 0 Å². The lowest BCUT2D eigenvalue weighted by molar-refractivity contribution is -0.142. The summed E-state index contributed by atoms with van der Waals surface area (Å²) in [5.41, 5.74) is 3.06. The summed E-state index contributed by atoms with van der Waals surface area (Å²) in [4.78, 5) is 30.0. The van der Waals surface area contributed by atoms with E-state index in [-0.39, 0.29) is 5.91 Å². The van der Waals surface area contributed by atoms with Crippen LogP contribution in [0.5, 0.6) is 0 Å². The third-order valence-corrected chi connectivity index (χ3v) is 4.37. The van der Waals surface area contributed by atoms with Crippen molar-refractivity contribution in [2.45, 2.75) is 26.3 Å². The van der Waals surface area contributed by atoms with Gasteiger partial charge in [-0.25, -0.2) is 9.78 Å². The van der Waals surface area contributed by atoms with E-state index in [0.29, 0.717) is 12.0 Å². The summed E-state index contributed by atoms with van der Waals surface area (Å²) in [6.45, 7) is 3.89. The second-order valence-electron chi connectivity index (χ2n) is 6.59. The molecule has 0 saturated heterocycles. The number of amides is 1. The molecular weight excluding hydrogens is 340 g/mol. The summed E-state index contributed by atoms with van der Waals surface area (Å²) < 4.78 is 4.86. The van der Waals surface area contributed by atoms with Crippen LogP contribution in [0.15, 0.2) is 60.2 Å². The molecule has 1 atom stereocenters. The lowest BCUT2D eigenvalue weighted by atomic mass is 10.0. The standard InChI is InChI=1S/C22H22N2O3/c1-14(2)12-13-19(22(26)27-3)24-21(25)20-15-8-4-6-10-17(15)23-18-11-7-5-9-16(18)20/h4-12,19H,13H2,1-3H3,(H,24,25)/t19-/m0/s1. The number of methoxy groups -OCH3 is 1. The highest BCUT2D eigenvalue weighted by molar-refractivity contribution is 6.16. The third-order valence-electron chi connectivity index (χ3n) is 4.37. The topological polar surface area (TPSA) is 68.3 Å². The lowest BCUT2D eigenvalue weighted by Gasteiger charge is -2.17. The minimum absolute atomic E-state index is 0.317. The zero-order valence-corrected chi connectivity index (χ0v) is 15.7. The Balaban J connectivity index is 2.07. The second-order valence-corrected chi connectivity index (χ2v) is 6.59. The quantitative estimate of drug-likeness (QED) is 0.423. The zero-order chi connectivity index (χ0) is 19.4. The van der Waals surface area contributed by atoms with Crippen molar-refractivity contribution in [2.75, 3.05) is 7.11 Å². The van der Waals surface area contributed by atoms with Gasteiger partial charge in [0.05, 0.1) is 23.7 Å². The van der Waals surface area contributed by atoms with Crippen LogP contribution in [-0.4, -0.2) is 30.0 Å². The number of fused-ring (bicyclic) bond motifs is 2. The Morgan fingerprint density at radius 1 is 1.04 bits per heavy atom. The highest BCUT2D eigenvalue weighted by atomic mass is 16.5. The predicted molar refractivity (Wildman–Crippen MR) is 107 cm³/mol. The summed E-state index contributed by atoms with van der Waals surface area (Å²) in [7, 11) is 1.32. The number of hydrogen-bond acceptors (Lipinski definition) is 4. The molecule has 5 heteroatoms. The number of esters is 1. The number of carbonyl (C=O) groups is 2. The number of allylic oxidation sites excluding steroid dienone is 1. The van der Waals surface area contributed by atoms with Crippen LogP contribution in [0.4, 0.5) is 0 Å². The molecule has 0 aliphatic rings. The minimum Gasteiger partial charge on any atom is -0.467 e. The second kappa shape index (κ2) is 7.99. The molecule has 0 unspecified atom stereocenters. The molecule has 0 aliphatic heterocycles. The van der Waals surface area contributed by atoms with Crippen molar-refractivity contribution in [1.29, 1.82) is 0 Å². The van der Waals surface area contributed by atoms with E-state index in [1.54, 1.807) is 0 Å². The van der Waals surface area contributed by atoms with Crippen molar-refractivity contribution < 1.29 is 14.3 Å². The van der Waals surface area contributed by atoms with Gasteiger partial charge in [-0.2, -0.15) is 0 Å². The van der Waals surface area contributed by atoms with Crippen LogP contribution in [0, 0.1) is 0 Å². The number of hydrogen-bond donors (Lipinski definition) is 1. The molecule has 3 aromatic rings. The van der Waals surface area contributed by atoms with Crippen LogP contribution in [-0.2, 0) is 9.53 Å². The summed E-state index contributed by atoms with van der Waals surface area (Å²) in [5, 5.41) is 4.34. The summed E-state index contributed by atoms with van der Waals surface area (Å²) in [5.74, 6) is -0.786. The van der Waals surface area contributed by atoms with E-state index in [1.165, 1.54) is 7.11 Å². The fourth-order valence-corrected chi connectivity index (χ4v) is 3.02. The van der Waals surface area contributed by atoms with Crippen LogP contribution in [0.25, 0.3) is 21.8 Å². The number of para-hydroxylation sites is 2. The molecule has 2 aromatic carbocycles. The van der Waals surface area contributed by atoms with E-state index in [1.807, 2.05) is 68.5 Å². The molecule has 3 rings (SSSR count). The Morgan fingerprint density at radius 2 is 1.59 bits per heavy atom. The zero-order valence-electron chi connectivity index (χ0n) is 15.7. The van der Waals surface area contributed by atoms with Gasteiger partial charge < -0.3 is 10.1 Å². The molecule has 1 aromatic heterocycles. The van der Waals surface area contributed by atoms with Gasteiger partial charge in [0.15, 0.2) is 0 Å². The SMILES string of the molecule is COC(=O)[C@H](CC=C(C)C)NC(=O)c1c2ccccc2nc2ccccc12. The number of pyridine rings is 1. The average molecular weight is 362 g/mol. The molecule has 0 radical (unpaired) electrons. The molecule has 0 fully saturated rings. The Labute approximate surface area is 158 Å². The maximum Gasteiger partial charge on any atom is 0.328 e. The number of ether oxygens (including phenoxy) is 1. The van der Waals surface area contributed by atoms with Gasteiger partial charge in [-0.15, -0.1) is 0 Å². The van der Waals surface area contributed by atoms with E-state index in [9.17, 15) is 9.59 Å². The Morgan fingerprint density at radius 3 is 2.11 bits per heavy atom. The molecule has 138 valence electrons. The average Bonchev–Trinajstić information content (AvgIpc) is 2.68. The fraction of sp³-hybridized carbons (Fsp3) is 0.227. The van der Waals surface area contributed by atoms with Crippen molar-refractivity contribution in [2.24, 2.45) is 0 Å². The van der Waals surface area contributed by atoms with Crippen LogP contribution < -0.4 is 5.32 Å².